The summed E-state index contributed by atoms with van der Waals surface area (Å²) in [6.45, 7) is 7.33. The summed E-state index contributed by atoms with van der Waals surface area (Å²) < 4.78 is 0. The predicted molar refractivity (Wildman–Crippen MR) is 75.4 cm³/mol. The molecule has 3 heteroatoms. The van der Waals surface area contributed by atoms with Gasteiger partial charge in [-0.3, -0.25) is 9.89 Å². The summed E-state index contributed by atoms with van der Waals surface area (Å²) in [4.78, 5) is 6.84. The second-order valence-electron chi connectivity index (χ2n) is 3.98. The Morgan fingerprint density at radius 3 is 2.44 bits per heavy atom. The fourth-order valence-corrected chi connectivity index (χ4v) is 2.18. The number of hydrogen-bond acceptors (Lipinski definition) is 2. The highest BCUT2D eigenvalue weighted by Crippen LogP contribution is 2.08. The molecule has 88 valence electrons. The van der Waals surface area contributed by atoms with E-state index in [0.29, 0.717) is 5.54 Å². The van der Waals surface area contributed by atoms with E-state index in [1.807, 2.05) is 0 Å². The number of hydrogen-bond donors (Lipinski definition) is 0. The highest BCUT2D eigenvalue weighted by molar-refractivity contribution is 6.21. The van der Waals surface area contributed by atoms with Crippen molar-refractivity contribution < 1.29 is 0 Å². The zero-order valence-electron chi connectivity index (χ0n) is 10.6. The molecule has 0 fully saturated rings. The van der Waals surface area contributed by atoms with Gasteiger partial charge in [-0.1, -0.05) is 44.2 Å². The summed E-state index contributed by atoms with van der Waals surface area (Å²) in [5.74, 6) is 0. The third kappa shape index (κ3) is 4.29. The van der Waals surface area contributed by atoms with Crippen molar-refractivity contribution in [1.29, 1.82) is 0 Å². The van der Waals surface area contributed by atoms with Crippen LogP contribution < -0.4 is 0 Å². The van der Waals surface area contributed by atoms with Gasteiger partial charge in [-0.15, -0.1) is 0 Å². The van der Waals surface area contributed by atoms with Crippen LogP contribution in [-0.2, 0) is 0 Å². The summed E-state index contributed by atoms with van der Waals surface area (Å²) in [5.41, 5.74) is 1.93. The van der Waals surface area contributed by atoms with E-state index in [1.165, 1.54) is 5.56 Å². The Kier molecular flexibility index (Phi) is 6.04. The van der Waals surface area contributed by atoms with Gasteiger partial charge < -0.3 is 0 Å². The average molecular weight is 234 g/mol. The minimum atomic E-state index is 0.539. The van der Waals surface area contributed by atoms with Crippen molar-refractivity contribution >= 4 is 16.5 Å². The second kappa shape index (κ2) is 7.36. The SMILES string of the molecule is CCN(CC)CN=CC([SiH3])c1ccccc1. The summed E-state index contributed by atoms with van der Waals surface area (Å²) in [5, 5.41) is 0. The van der Waals surface area contributed by atoms with Crippen molar-refractivity contribution in [3.63, 3.8) is 0 Å². The van der Waals surface area contributed by atoms with E-state index in [1.54, 1.807) is 0 Å². The lowest BCUT2D eigenvalue weighted by atomic mass is 10.2. The molecule has 1 aromatic carbocycles. The smallest absolute Gasteiger partial charge is 0.0905 e. The highest BCUT2D eigenvalue weighted by Gasteiger charge is 2.00. The van der Waals surface area contributed by atoms with E-state index in [-0.39, 0.29) is 0 Å². The van der Waals surface area contributed by atoms with Gasteiger partial charge in [0.25, 0.3) is 0 Å². The summed E-state index contributed by atoms with van der Waals surface area (Å²) in [6, 6.07) is 10.6. The fraction of sp³-hybridized carbons (Fsp3) is 0.462. The van der Waals surface area contributed by atoms with Crippen molar-refractivity contribution in [3.8, 4) is 0 Å². The van der Waals surface area contributed by atoms with E-state index >= 15 is 0 Å². The van der Waals surface area contributed by atoms with Crippen LogP contribution in [0.1, 0.15) is 25.0 Å². The largest absolute Gasteiger partial charge is 0.285 e. The summed E-state index contributed by atoms with van der Waals surface area (Å²) >= 11 is 0. The number of aliphatic imine (C=N–C) groups is 1. The van der Waals surface area contributed by atoms with Crippen LogP contribution in [0.2, 0.25) is 0 Å². The highest BCUT2D eigenvalue weighted by atomic mass is 28.1. The van der Waals surface area contributed by atoms with Crippen molar-refractivity contribution in [2.45, 2.75) is 19.4 Å². The molecule has 0 spiro atoms. The molecule has 0 saturated heterocycles. The monoisotopic (exact) mass is 234 g/mol. The Labute approximate surface area is 102 Å². The molecule has 1 unspecified atom stereocenters. The maximum absolute atomic E-state index is 4.53. The van der Waals surface area contributed by atoms with Crippen LogP contribution in [0, 0.1) is 0 Å². The molecule has 0 heterocycles. The number of rotatable bonds is 6. The third-order valence-corrected chi connectivity index (χ3v) is 3.80. The van der Waals surface area contributed by atoms with Crippen LogP contribution in [0.5, 0.6) is 0 Å². The minimum absolute atomic E-state index is 0.539. The van der Waals surface area contributed by atoms with Crippen molar-refractivity contribution in [1.82, 2.24) is 4.90 Å². The molecule has 2 nitrogen and oxygen atoms in total. The Balaban J connectivity index is 2.45. The van der Waals surface area contributed by atoms with Gasteiger partial charge in [-0.2, -0.15) is 0 Å². The van der Waals surface area contributed by atoms with E-state index in [4.69, 9.17) is 0 Å². The van der Waals surface area contributed by atoms with Crippen LogP contribution in [-0.4, -0.2) is 41.1 Å². The van der Waals surface area contributed by atoms with Gasteiger partial charge in [0.15, 0.2) is 0 Å². The van der Waals surface area contributed by atoms with Gasteiger partial charge >= 0.3 is 0 Å². The summed E-state index contributed by atoms with van der Waals surface area (Å²) in [6.07, 6.45) is 2.11. The van der Waals surface area contributed by atoms with E-state index in [0.717, 1.165) is 30.0 Å². The van der Waals surface area contributed by atoms with Crippen LogP contribution in [0.25, 0.3) is 0 Å². The first-order valence-corrected chi connectivity index (χ1v) is 7.20. The molecule has 16 heavy (non-hydrogen) atoms. The second-order valence-corrected chi connectivity index (χ2v) is 5.22. The van der Waals surface area contributed by atoms with Crippen LogP contribution >= 0.6 is 0 Å². The molecular weight excluding hydrogens is 212 g/mol. The molecule has 0 aromatic heterocycles. The predicted octanol–water partition coefficient (Wildman–Crippen LogP) is 1.46. The van der Waals surface area contributed by atoms with Gasteiger partial charge in [-0.05, 0) is 18.7 Å². The Bertz CT molecular complexity index is 307. The van der Waals surface area contributed by atoms with Gasteiger partial charge in [0.05, 0.1) is 6.67 Å². The standard InChI is InChI=1S/C13H22N2Si/c1-3-15(4-2)11-14-10-13(16)12-8-6-5-7-9-12/h5-10,13H,3-4,11H2,1-2,16H3. The zero-order chi connectivity index (χ0) is 11.8. The molecule has 0 amide bonds. The first kappa shape index (κ1) is 13.1. The van der Waals surface area contributed by atoms with Crippen molar-refractivity contribution in [2.24, 2.45) is 4.99 Å². The number of nitrogens with zero attached hydrogens (tertiary/aromatic N) is 2. The minimum Gasteiger partial charge on any atom is -0.285 e. The first-order chi connectivity index (χ1) is 7.77. The molecule has 0 aliphatic heterocycles. The first-order valence-electron chi connectivity index (χ1n) is 6.05. The maximum atomic E-state index is 4.53. The van der Waals surface area contributed by atoms with Gasteiger partial charge in [0.1, 0.15) is 0 Å². The Morgan fingerprint density at radius 2 is 1.88 bits per heavy atom. The zero-order valence-corrected chi connectivity index (χ0v) is 12.6. The molecule has 0 radical (unpaired) electrons. The molecule has 0 aliphatic rings. The van der Waals surface area contributed by atoms with Gasteiger partial charge in [-0.25, -0.2) is 0 Å². The Hall–Kier alpha value is -0.933. The van der Waals surface area contributed by atoms with Crippen molar-refractivity contribution in [2.75, 3.05) is 19.8 Å². The molecule has 1 atom stereocenters. The third-order valence-electron chi connectivity index (χ3n) is 2.83. The topological polar surface area (TPSA) is 15.6 Å². The molecule has 0 bridgehead atoms. The molecule has 0 N–H and O–H groups in total. The maximum Gasteiger partial charge on any atom is 0.0905 e. The quantitative estimate of drug-likeness (QED) is 0.537. The number of benzene rings is 1. The van der Waals surface area contributed by atoms with Crippen LogP contribution in [0.4, 0.5) is 0 Å². The fourth-order valence-electron chi connectivity index (χ4n) is 1.59. The van der Waals surface area contributed by atoms with Crippen LogP contribution in [0.3, 0.4) is 0 Å². The normalized spacial score (nSPS) is 13.7. The molecular formula is C13H22N2Si. The van der Waals surface area contributed by atoms with E-state index in [9.17, 15) is 0 Å². The van der Waals surface area contributed by atoms with Gasteiger partial charge in [0.2, 0.25) is 0 Å². The van der Waals surface area contributed by atoms with Gasteiger partial charge in [0, 0.05) is 22.0 Å². The average Bonchev–Trinajstić information content (AvgIpc) is 2.35. The molecule has 0 saturated carbocycles. The van der Waals surface area contributed by atoms with Crippen LogP contribution in [0.15, 0.2) is 35.3 Å². The summed E-state index contributed by atoms with van der Waals surface area (Å²) in [7, 11) is 1.12. The van der Waals surface area contributed by atoms with E-state index < -0.39 is 0 Å². The lowest BCUT2D eigenvalue weighted by Crippen LogP contribution is -2.23. The molecule has 1 aromatic rings. The van der Waals surface area contributed by atoms with E-state index in [2.05, 4.69) is 60.3 Å². The Morgan fingerprint density at radius 1 is 1.25 bits per heavy atom. The molecule has 1 rings (SSSR count). The lowest BCUT2D eigenvalue weighted by molar-refractivity contribution is 0.315. The van der Waals surface area contributed by atoms with Crippen molar-refractivity contribution in [3.05, 3.63) is 35.9 Å². The molecule has 0 aliphatic carbocycles. The lowest BCUT2D eigenvalue weighted by Gasteiger charge is -2.14.